The van der Waals surface area contributed by atoms with E-state index < -0.39 is 0 Å². The second kappa shape index (κ2) is 7.94. The SMILES string of the molecule is CC[C@@H](C)/C(C)=N\NC(=O)COc1cccc(Br)c1. The minimum Gasteiger partial charge on any atom is -0.484 e. The van der Waals surface area contributed by atoms with Crippen LogP contribution < -0.4 is 10.2 Å². The van der Waals surface area contributed by atoms with Crippen LogP contribution in [0, 0.1) is 5.92 Å². The average molecular weight is 327 g/mol. The average Bonchev–Trinajstić information content (AvgIpc) is 2.41. The summed E-state index contributed by atoms with van der Waals surface area (Å²) < 4.78 is 6.27. The van der Waals surface area contributed by atoms with Crippen molar-refractivity contribution in [3.8, 4) is 5.75 Å². The predicted octanol–water partition coefficient (Wildman–Crippen LogP) is 3.37. The first-order valence-corrected chi connectivity index (χ1v) is 7.03. The van der Waals surface area contributed by atoms with Gasteiger partial charge < -0.3 is 4.74 Å². The van der Waals surface area contributed by atoms with Crippen molar-refractivity contribution in [2.75, 3.05) is 6.61 Å². The Morgan fingerprint density at radius 1 is 1.53 bits per heavy atom. The van der Waals surface area contributed by atoms with Gasteiger partial charge in [-0.05, 0) is 37.5 Å². The van der Waals surface area contributed by atoms with E-state index in [9.17, 15) is 4.79 Å². The molecule has 0 radical (unpaired) electrons. The summed E-state index contributed by atoms with van der Waals surface area (Å²) >= 11 is 3.34. The number of ether oxygens (including phenoxy) is 1. The molecule has 0 fully saturated rings. The summed E-state index contributed by atoms with van der Waals surface area (Å²) in [5, 5.41) is 4.05. The summed E-state index contributed by atoms with van der Waals surface area (Å²) in [6.07, 6.45) is 1.000. The first-order chi connectivity index (χ1) is 9.02. The molecule has 1 rings (SSSR count). The maximum absolute atomic E-state index is 11.6. The highest BCUT2D eigenvalue weighted by Gasteiger charge is 2.05. The summed E-state index contributed by atoms with van der Waals surface area (Å²) in [7, 11) is 0. The molecule has 0 heterocycles. The standard InChI is InChI=1S/C14H19BrN2O2/c1-4-10(2)11(3)16-17-14(18)9-19-13-7-5-6-12(15)8-13/h5-8,10H,4,9H2,1-3H3,(H,17,18)/b16-11-/t10-/m1/s1. The largest absolute Gasteiger partial charge is 0.484 e. The maximum Gasteiger partial charge on any atom is 0.277 e. The lowest BCUT2D eigenvalue weighted by Gasteiger charge is -2.08. The smallest absolute Gasteiger partial charge is 0.277 e. The molecule has 0 unspecified atom stereocenters. The monoisotopic (exact) mass is 326 g/mol. The van der Waals surface area contributed by atoms with E-state index in [1.165, 1.54) is 0 Å². The van der Waals surface area contributed by atoms with Crippen molar-refractivity contribution in [1.82, 2.24) is 5.43 Å². The van der Waals surface area contributed by atoms with Crippen molar-refractivity contribution in [3.05, 3.63) is 28.7 Å². The van der Waals surface area contributed by atoms with Crippen LogP contribution in [0.25, 0.3) is 0 Å². The number of hydrogen-bond acceptors (Lipinski definition) is 3. The van der Waals surface area contributed by atoms with Crippen LogP contribution in [0.4, 0.5) is 0 Å². The molecule has 0 spiro atoms. The number of carbonyl (C=O) groups excluding carboxylic acids is 1. The molecule has 1 amide bonds. The van der Waals surface area contributed by atoms with Crippen LogP contribution in [0.15, 0.2) is 33.8 Å². The topological polar surface area (TPSA) is 50.7 Å². The Kier molecular flexibility index (Phi) is 6.56. The number of benzene rings is 1. The summed E-state index contributed by atoms with van der Waals surface area (Å²) in [5.74, 6) is 0.751. The number of rotatable bonds is 6. The molecule has 0 aliphatic carbocycles. The molecule has 1 N–H and O–H groups in total. The first-order valence-electron chi connectivity index (χ1n) is 6.24. The summed E-state index contributed by atoms with van der Waals surface area (Å²) in [6, 6.07) is 7.35. The van der Waals surface area contributed by atoms with E-state index in [0.29, 0.717) is 11.7 Å². The van der Waals surface area contributed by atoms with Crippen molar-refractivity contribution in [2.24, 2.45) is 11.0 Å². The van der Waals surface area contributed by atoms with E-state index in [2.05, 4.69) is 40.3 Å². The Morgan fingerprint density at radius 3 is 2.89 bits per heavy atom. The zero-order valence-electron chi connectivity index (χ0n) is 11.4. The second-order valence-corrected chi connectivity index (χ2v) is 5.26. The molecule has 0 bridgehead atoms. The van der Waals surface area contributed by atoms with E-state index in [4.69, 9.17) is 4.74 Å². The molecule has 1 aromatic carbocycles. The molecule has 1 atom stereocenters. The van der Waals surface area contributed by atoms with Gasteiger partial charge in [-0.2, -0.15) is 5.10 Å². The molecular formula is C14H19BrN2O2. The van der Waals surface area contributed by atoms with E-state index in [1.54, 1.807) is 12.1 Å². The van der Waals surface area contributed by atoms with Crippen molar-refractivity contribution in [1.29, 1.82) is 0 Å². The number of amides is 1. The summed E-state index contributed by atoms with van der Waals surface area (Å²) in [6.45, 7) is 6.02. The third-order valence-electron chi connectivity index (χ3n) is 2.85. The predicted molar refractivity (Wildman–Crippen MR) is 80.3 cm³/mol. The van der Waals surface area contributed by atoms with Gasteiger partial charge in [-0.25, -0.2) is 5.43 Å². The number of carbonyl (C=O) groups is 1. The van der Waals surface area contributed by atoms with E-state index >= 15 is 0 Å². The fourth-order valence-electron chi connectivity index (χ4n) is 1.29. The lowest BCUT2D eigenvalue weighted by molar-refractivity contribution is -0.123. The van der Waals surface area contributed by atoms with Gasteiger partial charge in [0.1, 0.15) is 5.75 Å². The van der Waals surface area contributed by atoms with Crippen molar-refractivity contribution >= 4 is 27.5 Å². The number of nitrogens with one attached hydrogen (secondary N) is 1. The third kappa shape index (κ3) is 5.87. The van der Waals surface area contributed by atoms with Crippen molar-refractivity contribution in [3.63, 3.8) is 0 Å². The van der Waals surface area contributed by atoms with Crippen LogP contribution in [0.2, 0.25) is 0 Å². The van der Waals surface area contributed by atoms with Crippen molar-refractivity contribution in [2.45, 2.75) is 27.2 Å². The number of halogens is 1. The Labute approximate surface area is 122 Å². The molecule has 0 aliphatic rings. The lowest BCUT2D eigenvalue weighted by atomic mass is 10.1. The molecule has 0 saturated heterocycles. The molecule has 1 aromatic rings. The third-order valence-corrected chi connectivity index (χ3v) is 3.34. The van der Waals surface area contributed by atoms with Crippen LogP contribution >= 0.6 is 15.9 Å². The zero-order valence-corrected chi connectivity index (χ0v) is 13.0. The van der Waals surface area contributed by atoms with Crippen LogP contribution in [-0.4, -0.2) is 18.2 Å². The Bertz CT molecular complexity index is 461. The highest BCUT2D eigenvalue weighted by Crippen LogP contribution is 2.17. The fourth-order valence-corrected chi connectivity index (χ4v) is 1.67. The first kappa shape index (κ1) is 15.7. The zero-order chi connectivity index (χ0) is 14.3. The van der Waals surface area contributed by atoms with E-state index in [-0.39, 0.29) is 12.5 Å². The maximum atomic E-state index is 11.6. The van der Waals surface area contributed by atoms with Crippen LogP contribution in [-0.2, 0) is 4.79 Å². The highest BCUT2D eigenvalue weighted by atomic mass is 79.9. The second-order valence-electron chi connectivity index (χ2n) is 4.34. The minimum absolute atomic E-state index is 0.0479. The normalized spacial score (nSPS) is 12.9. The molecule has 0 saturated carbocycles. The molecule has 0 aliphatic heterocycles. The molecule has 0 aromatic heterocycles. The Hall–Kier alpha value is -1.36. The quantitative estimate of drug-likeness (QED) is 0.643. The van der Waals surface area contributed by atoms with Gasteiger partial charge in [0.15, 0.2) is 6.61 Å². The molecule has 4 nitrogen and oxygen atoms in total. The molecule has 104 valence electrons. The van der Waals surface area contributed by atoms with Gasteiger partial charge in [0.2, 0.25) is 0 Å². The summed E-state index contributed by atoms with van der Waals surface area (Å²) in [4.78, 5) is 11.6. The van der Waals surface area contributed by atoms with Gasteiger partial charge in [-0.15, -0.1) is 0 Å². The van der Waals surface area contributed by atoms with Gasteiger partial charge in [-0.3, -0.25) is 4.79 Å². The highest BCUT2D eigenvalue weighted by molar-refractivity contribution is 9.10. The van der Waals surface area contributed by atoms with Gasteiger partial charge in [0.25, 0.3) is 5.91 Å². The Balaban J connectivity index is 2.40. The summed E-state index contributed by atoms with van der Waals surface area (Å²) in [5.41, 5.74) is 3.41. The minimum atomic E-state index is -0.261. The lowest BCUT2D eigenvalue weighted by Crippen LogP contribution is -2.26. The number of hydrogen-bond donors (Lipinski definition) is 1. The van der Waals surface area contributed by atoms with Crippen LogP contribution in [0.5, 0.6) is 5.75 Å². The van der Waals surface area contributed by atoms with Crippen LogP contribution in [0.1, 0.15) is 27.2 Å². The van der Waals surface area contributed by atoms with Gasteiger partial charge in [0, 0.05) is 10.2 Å². The molecule has 5 heteroatoms. The number of hydrazone groups is 1. The molecule has 19 heavy (non-hydrogen) atoms. The van der Waals surface area contributed by atoms with Gasteiger partial charge >= 0.3 is 0 Å². The van der Waals surface area contributed by atoms with E-state index in [0.717, 1.165) is 16.6 Å². The fraction of sp³-hybridized carbons (Fsp3) is 0.429. The van der Waals surface area contributed by atoms with E-state index in [1.807, 2.05) is 19.1 Å². The van der Waals surface area contributed by atoms with Crippen LogP contribution in [0.3, 0.4) is 0 Å². The van der Waals surface area contributed by atoms with Crippen molar-refractivity contribution < 1.29 is 9.53 Å². The Morgan fingerprint density at radius 2 is 2.26 bits per heavy atom. The van der Waals surface area contributed by atoms with Gasteiger partial charge in [0.05, 0.1) is 0 Å². The number of nitrogens with zero attached hydrogens (tertiary/aromatic N) is 1. The molecular weight excluding hydrogens is 308 g/mol. The van der Waals surface area contributed by atoms with Gasteiger partial charge in [-0.1, -0.05) is 35.8 Å².